The molecule has 0 aromatic carbocycles. The van der Waals surface area contributed by atoms with E-state index >= 15 is 0 Å². The molecule has 4 rings (SSSR count). The Kier molecular flexibility index (Phi) is 5.40. The second kappa shape index (κ2) is 8.10. The average Bonchev–Trinajstić information content (AvgIpc) is 3.23. The average molecular weight is 382 g/mol. The van der Waals surface area contributed by atoms with Crippen molar-refractivity contribution in [2.45, 2.75) is 38.6 Å². The molecule has 0 radical (unpaired) electrons. The molecular weight excluding hydrogens is 358 g/mol. The Morgan fingerprint density at radius 1 is 1.33 bits per heavy atom. The van der Waals surface area contributed by atoms with E-state index in [1.54, 1.807) is 17.4 Å². The van der Waals surface area contributed by atoms with Gasteiger partial charge in [0.1, 0.15) is 11.6 Å². The van der Waals surface area contributed by atoms with Gasteiger partial charge >= 0.3 is 0 Å². The predicted molar refractivity (Wildman–Crippen MR) is 107 cm³/mol. The van der Waals surface area contributed by atoms with Gasteiger partial charge in [-0.1, -0.05) is 13.0 Å². The van der Waals surface area contributed by atoms with Gasteiger partial charge in [0, 0.05) is 49.5 Å². The normalized spacial score (nSPS) is 17.9. The number of thiophene rings is 1. The number of piperidine rings is 1. The van der Waals surface area contributed by atoms with Crippen molar-refractivity contribution < 1.29 is 0 Å². The van der Waals surface area contributed by atoms with Crippen LogP contribution in [0.15, 0.2) is 40.8 Å². The zero-order valence-corrected chi connectivity index (χ0v) is 16.2. The van der Waals surface area contributed by atoms with E-state index in [0.717, 1.165) is 60.9 Å². The molecule has 0 bridgehead atoms. The van der Waals surface area contributed by atoms with Crippen molar-refractivity contribution >= 4 is 11.3 Å². The van der Waals surface area contributed by atoms with Crippen LogP contribution in [0.1, 0.15) is 42.8 Å². The van der Waals surface area contributed by atoms with Crippen molar-refractivity contribution in [3.8, 4) is 10.7 Å². The molecule has 140 valence electrons. The van der Waals surface area contributed by atoms with Gasteiger partial charge in [0.05, 0.1) is 10.6 Å². The first-order valence-electron chi connectivity index (χ1n) is 9.38. The Balaban J connectivity index is 1.50. The van der Waals surface area contributed by atoms with Gasteiger partial charge in [0.25, 0.3) is 5.56 Å². The number of hydrogen-bond donors (Lipinski definition) is 1. The molecule has 27 heavy (non-hydrogen) atoms. The van der Waals surface area contributed by atoms with Gasteiger partial charge in [-0.3, -0.25) is 9.69 Å². The lowest BCUT2D eigenvalue weighted by atomic mass is 9.94. The third-order valence-corrected chi connectivity index (χ3v) is 5.80. The maximum absolute atomic E-state index is 12.2. The summed E-state index contributed by atoms with van der Waals surface area (Å²) in [6.45, 7) is 4.84. The van der Waals surface area contributed by atoms with Crippen LogP contribution in [0.3, 0.4) is 0 Å². The van der Waals surface area contributed by atoms with Crippen molar-refractivity contribution in [1.29, 1.82) is 0 Å². The monoisotopic (exact) mass is 381 g/mol. The van der Waals surface area contributed by atoms with Crippen LogP contribution in [0.4, 0.5) is 0 Å². The lowest BCUT2D eigenvalue weighted by molar-refractivity contribution is 0.198. The maximum Gasteiger partial charge on any atom is 0.251 e. The molecule has 3 aromatic rings. The number of rotatable bonds is 5. The lowest BCUT2D eigenvalue weighted by Gasteiger charge is -2.32. The van der Waals surface area contributed by atoms with Crippen molar-refractivity contribution in [2.75, 3.05) is 13.1 Å². The van der Waals surface area contributed by atoms with E-state index in [9.17, 15) is 4.79 Å². The number of aromatic nitrogens is 4. The Bertz CT molecular complexity index is 936. The van der Waals surface area contributed by atoms with Gasteiger partial charge in [-0.2, -0.15) is 0 Å². The number of aryl methyl sites for hydroxylation is 1. The molecule has 7 heteroatoms. The highest BCUT2D eigenvalue weighted by Gasteiger charge is 2.23. The third kappa shape index (κ3) is 4.31. The van der Waals surface area contributed by atoms with E-state index in [2.05, 4.69) is 26.8 Å². The highest BCUT2D eigenvalue weighted by atomic mass is 32.1. The molecule has 6 nitrogen and oxygen atoms in total. The Hall–Kier alpha value is -2.38. The molecule has 1 N–H and O–H groups in total. The van der Waals surface area contributed by atoms with Gasteiger partial charge < -0.3 is 4.98 Å². The van der Waals surface area contributed by atoms with Crippen LogP contribution in [0.2, 0.25) is 0 Å². The molecule has 1 saturated heterocycles. The molecule has 1 aliphatic rings. The fourth-order valence-corrected chi connectivity index (χ4v) is 4.23. The second-order valence-corrected chi connectivity index (χ2v) is 7.88. The summed E-state index contributed by atoms with van der Waals surface area (Å²) in [5, 5.41) is 2.00. The van der Waals surface area contributed by atoms with Crippen LogP contribution in [-0.2, 0) is 13.0 Å². The van der Waals surface area contributed by atoms with Crippen LogP contribution >= 0.6 is 11.3 Å². The van der Waals surface area contributed by atoms with E-state index in [1.165, 1.54) is 0 Å². The zero-order chi connectivity index (χ0) is 18.6. The smallest absolute Gasteiger partial charge is 0.251 e. The summed E-state index contributed by atoms with van der Waals surface area (Å²) in [6, 6.07) is 5.62. The summed E-state index contributed by atoms with van der Waals surface area (Å²) in [6.07, 6.45) is 6.86. The molecule has 0 saturated carbocycles. The molecule has 1 fully saturated rings. The standard InChI is InChI=1S/C20H23N5OS/c1-2-18-21-10-14(11-22-18)12-25-7-3-5-15(13-25)16-9-19(26)24-20(23-16)17-6-4-8-27-17/h4,6,8-11,15H,2-3,5,7,12-13H2,1H3,(H,23,24,26). The number of nitrogens with one attached hydrogen (secondary N) is 1. The number of H-pyrrole nitrogens is 1. The van der Waals surface area contributed by atoms with Crippen molar-refractivity contribution in [1.82, 2.24) is 24.8 Å². The first kappa shape index (κ1) is 18.0. The lowest BCUT2D eigenvalue weighted by Crippen LogP contribution is -2.34. The highest BCUT2D eigenvalue weighted by molar-refractivity contribution is 7.13. The topological polar surface area (TPSA) is 74.8 Å². The second-order valence-electron chi connectivity index (χ2n) is 6.93. The summed E-state index contributed by atoms with van der Waals surface area (Å²) in [5.74, 6) is 1.83. The van der Waals surface area contributed by atoms with Gasteiger partial charge in [-0.15, -0.1) is 11.3 Å². The van der Waals surface area contributed by atoms with E-state index in [-0.39, 0.29) is 11.5 Å². The third-order valence-electron chi connectivity index (χ3n) is 4.92. The fraction of sp³-hybridized carbons (Fsp3) is 0.400. The SMILES string of the molecule is CCc1ncc(CN2CCCC(c3cc(=O)[nH]c(-c4cccs4)n3)C2)cn1. The highest BCUT2D eigenvalue weighted by Crippen LogP contribution is 2.28. The summed E-state index contributed by atoms with van der Waals surface area (Å²) < 4.78 is 0. The van der Waals surface area contributed by atoms with Crippen molar-refractivity contribution in [3.05, 3.63) is 63.4 Å². The molecule has 0 aliphatic carbocycles. The minimum absolute atomic E-state index is 0.0796. The van der Waals surface area contributed by atoms with Gasteiger partial charge in [-0.05, 0) is 30.8 Å². The summed E-state index contributed by atoms with van der Waals surface area (Å²) in [4.78, 5) is 32.0. The summed E-state index contributed by atoms with van der Waals surface area (Å²) >= 11 is 1.59. The van der Waals surface area contributed by atoms with Crippen molar-refractivity contribution in [2.24, 2.45) is 0 Å². The van der Waals surface area contributed by atoms with E-state index in [0.29, 0.717) is 5.82 Å². The maximum atomic E-state index is 12.2. The molecule has 4 heterocycles. The number of nitrogens with zero attached hydrogens (tertiary/aromatic N) is 4. The first-order chi connectivity index (χ1) is 13.2. The van der Waals surface area contributed by atoms with E-state index < -0.39 is 0 Å². The molecule has 1 atom stereocenters. The molecule has 0 amide bonds. The van der Waals surface area contributed by atoms with Crippen LogP contribution in [0.25, 0.3) is 10.7 Å². The number of likely N-dealkylation sites (tertiary alicyclic amines) is 1. The zero-order valence-electron chi connectivity index (χ0n) is 15.4. The largest absolute Gasteiger partial charge is 0.306 e. The predicted octanol–water partition coefficient (Wildman–Crippen LogP) is 3.23. The molecular formula is C20H23N5OS. The van der Waals surface area contributed by atoms with Crippen LogP contribution in [0.5, 0.6) is 0 Å². The van der Waals surface area contributed by atoms with Gasteiger partial charge in [0.15, 0.2) is 0 Å². The van der Waals surface area contributed by atoms with Crippen LogP contribution in [0, 0.1) is 0 Å². The Labute approximate surface area is 162 Å². The van der Waals surface area contributed by atoms with Crippen LogP contribution in [-0.4, -0.2) is 37.9 Å². The number of hydrogen-bond acceptors (Lipinski definition) is 6. The quantitative estimate of drug-likeness (QED) is 0.734. The Morgan fingerprint density at radius 2 is 2.19 bits per heavy atom. The molecule has 1 unspecified atom stereocenters. The minimum Gasteiger partial charge on any atom is -0.306 e. The minimum atomic E-state index is -0.0796. The van der Waals surface area contributed by atoms with Crippen molar-refractivity contribution in [3.63, 3.8) is 0 Å². The van der Waals surface area contributed by atoms with Gasteiger partial charge in [0.2, 0.25) is 0 Å². The van der Waals surface area contributed by atoms with Crippen LogP contribution < -0.4 is 5.56 Å². The van der Waals surface area contributed by atoms with Gasteiger partial charge in [-0.25, -0.2) is 15.0 Å². The van der Waals surface area contributed by atoms with E-state index in [1.807, 2.05) is 29.9 Å². The Morgan fingerprint density at radius 3 is 2.93 bits per heavy atom. The number of aromatic amines is 1. The first-order valence-corrected chi connectivity index (χ1v) is 10.3. The molecule has 0 spiro atoms. The fourth-order valence-electron chi connectivity index (χ4n) is 3.56. The summed E-state index contributed by atoms with van der Waals surface area (Å²) in [5.41, 5.74) is 1.94. The molecule has 3 aromatic heterocycles. The summed E-state index contributed by atoms with van der Waals surface area (Å²) in [7, 11) is 0. The molecule has 1 aliphatic heterocycles. The van der Waals surface area contributed by atoms with E-state index in [4.69, 9.17) is 4.98 Å².